The maximum absolute atomic E-state index is 10.1. The van der Waals surface area contributed by atoms with E-state index in [0.717, 1.165) is 0 Å². The van der Waals surface area contributed by atoms with Crippen molar-refractivity contribution in [3.8, 4) is 44.5 Å². The summed E-state index contributed by atoms with van der Waals surface area (Å²) in [6.45, 7) is 0. The van der Waals surface area contributed by atoms with Crippen molar-refractivity contribution in [3.63, 3.8) is 0 Å². The molecular formula is C49H30O. The summed E-state index contributed by atoms with van der Waals surface area (Å²) in [4.78, 5) is 0. The maximum Gasteiger partial charge on any atom is 0.136 e. The highest BCUT2D eigenvalue weighted by Gasteiger charge is 2.23. The van der Waals surface area contributed by atoms with E-state index >= 15 is 0 Å². The second kappa shape index (κ2) is 10.5. The van der Waals surface area contributed by atoms with Crippen LogP contribution in [0.4, 0.5) is 0 Å². The fraction of sp³-hybridized carbons (Fsp3) is 0.0204. The monoisotopic (exact) mass is 664 g/mol. The third-order valence-electron chi connectivity index (χ3n) is 8.51. The molecule has 0 radical (unpaired) electrons. The molecule has 50 heavy (non-hydrogen) atoms. The van der Waals surface area contributed by atoms with Crippen LogP contribution in [0.15, 0.2) is 174 Å². The normalized spacial score (nSPS) is 21.8. The number of benzene rings is 9. The van der Waals surface area contributed by atoms with Gasteiger partial charge in [0.25, 0.3) is 0 Å². The zero-order chi connectivity index (χ0) is 58.9. The summed E-state index contributed by atoms with van der Waals surface area (Å²) in [7, 11) is 0. The Labute approximate surface area is 331 Å². The number of hydrogen-bond acceptors (Lipinski definition) is 1. The Morgan fingerprint density at radius 1 is 0.400 bits per heavy atom. The van der Waals surface area contributed by atoms with Gasteiger partial charge in [0.2, 0.25) is 0 Å². The molecule has 0 aliphatic heterocycles. The number of hydrogen-bond donors (Lipinski definition) is 0. The van der Waals surface area contributed by atoms with Gasteiger partial charge < -0.3 is 4.42 Å². The largest absolute Gasteiger partial charge is 0.456 e. The SMILES string of the molecule is [2H]c1c([2H])c(-c2c([2H])c([2H])c([2H])c3c2-c2c([2H])c([2H])c([2H])c([2H])c2C3([2H])[2H])c([2H])c(-c2c3c([2H])c([2H])c([2H])c([2H])c3c(-c3c([2H])c([2H])c([2H])c4oc5c([2H])c6c([2H])c([2H])c([2H])c([2H])c6c([2H])c5c34)c3c([2H])c([2H])c([2H])c([2H])c23)c1[2H]. The van der Waals surface area contributed by atoms with Gasteiger partial charge in [0.15, 0.2) is 0 Å². The average molecular weight is 665 g/mol. The molecule has 1 aliphatic rings. The molecule has 0 saturated heterocycles. The van der Waals surface area contributed by atoms with Gasteiger partial charge in [-0.05, 0) is 118 Å². The Morgan fingerprint density at radius 2 is 0.980 bits per heavy atom. The van der Waals surface area contributed by atoms with Crippen LogP contribution in [-0.4, -0.2) is 0 Å². The average Bonchev–Trinajstić information content (AvgIpc) is 4.11. The van der Waals surface area contributed by atoms with Crippen LogP contribution in [-0.2, 0) is 6.37 Å². The molecule has 0 atom stereocenters. The van der Waals surface area contributed by atoms with E-state index in [1.807, 2.05) is 0 Å². The molecule has 1 aromatic heterocycles. The Hall–Kier alpha value is -6.44. The van der Waals surface area contributed by atoms with Crippen LogP contribution < -0.4 is 0 Å². The van der Waals surface area contributed by atoms with Crippen LogP contribution in [0.25, 0.3) is 98.8 Å². The van der Waals surface area contributed by atoms with Gasteiger partial charge in [-0.1, -0.05) is 145 Å². The number of fused-ring (bicyclic) bond motifs is 9. The third-order valence-corrected chi connectivity index (χ3v) is 8.51. The molecule has 0 fully saturated rings. The lowest BCUT2D eigenvalue weighted by Crippen LogP contribution is -1.92. The Morgan fingerprint density at radius 3 is 1.78 bits per heavy atom. The van der Waals surface area contributed by atoms with Crippen LogP contribution in [0.5, 0.6) is 0 Å². The fourth-order valence-corrected chi connectivity index (χ4v) is 6.48. The summed E-state index contributed by atoms with van der Waals surface area (Å²) in [6.07, 6.45) is -3.03. The molecule has 0 amide bonds. The Bertz CT molecular complexity index is 4630. The molecule has 11 rings (SSSR count). The smallest absolute Gasteiger partial charge is 0.136 e. The third kappa shape index (κ3) is 3.95. The van der Waals surface area contributed by atoms with Crippen LogP contribution >= 0.6 is 0 Å². The summed E-state index contributed by atoms with van der Waals surface area (Å²) < 4.78 is 280. The zero-order valence-electron chi connectivity index (χ0n) is 54.9. The van der Waals surface area contributed by atoms with Crippen LogP contribution in [0.2, 0.25) is 0 Å². The first-order valence-corrected chi connectivity index (χ1v) is 14.9. The molecule has 10 aromatic rings. The van der Waals surface area contributed by atoms with Gasteiger partial charge in [-0.3, -0.25) is 0 Å². The molecule has 0 unspecified atom stereocenters. The molecule has 0 bridgehead atoms. The molecule has 0 saturated carbocycles. The summed E-state index contributed by atoms with van der Waals surface area (Å²) in [5.41, 5.74) is -9.17. The van der Waals surface area contributed by atoms with Crippen molar-refractivity contribution >= 4 is 54.3 Å². The van der Waals surface area contributed by atoms with Crippen molar-refractivity contribution < 1.29 is 45.5 Å². The summed E-state index contributed by atoms with van der Waals surface area (Å²) in [6, 6.07) is -27.2. The van der Waals surface area contributed by atoms with Gasteiger partial charge in [0.1, 0.15) is 11.2 Å². The Balaban J connectivity index is 1.43. The Kier molecular flexibility index (Phi) is 2.38. The number of furan rings is 1. The topological polar surface area (TPSA) is 13.1 Å². The van der Waals surface area contributed by atoms with E-state index in [1.54, 1.807) is 0 Å². The van der Waals surface area contributed by atoms with E-state index in [1.165, 1.54) is 0 Å². The van der Waals surface area contributed by atoms with Gasteiger partial charge in [-0.2, -0.15) is 0 Å². The van der Waals surface area contributed by atoms with E-state index in [0.29, 0.717) is 0 Å². The molecule has 0 spiro atoms. The predicted octanol–water partition coefficient (Wildman–Crippen LogP) is 13.6. The molecule has 0 N–H and O–H groups in total. The van der Waals surface area contributed by atoms with Crippen LogP contribution in [0.1, 0.15) is 52.2 Å². The van der Waals surface area contributed by atoms with E-state index in [2.05, 4.69) is 0 Å². The molecule has 1 heterocycles. The second-order valence-electron chi connectivity index (χ2n) is 11.1. The number of rotatable bonds is 3. The second-order valence-corrected chi connectivity index (χ2v) is 11.1. The van der Waals surface area contributed by atoms with Gasteiger partial charge in [0.05, 0.1) is 38.4 Å². The summed E-state index contributed by atoms with van der Waals surface area (Å²) in [5.74, 6) is 0. The van der Waals surface area contributed by atoms with Crippen LogP contribution in [0, 0.1) is 0 Å². The molecule has 1 aliphatic carbocycles. The van der Waals surface area contributed by atoms with E-state index in [-0.39, 0.29) is 0 Å². The maximum atomic E-state index is 10.1. The lowest BCUT2D eigenvalue weighted by Gasteiger charge is -2.19. The highest BCUT2D eigenvalue weighted by Crippen LogP contribution is 2.48. The van der Waals surface area contributed by atoms with Gasteiger partial charge >= 0.3 is 0 Å². The predicted molar refractivity (Wildman–Crippen MR) is 211 cm³/mol. The molecule has 1 nitrogen and oxygen atoms in total. The lowest BCUT2D eigenvalue weighted by atomic mass is 9.84. The quantitative estimate of drug-likeness (QED) is 0.171. The highest BCUT2D eigenvalue weighted by atomic mass is 16.3. The minimum absolute atomic E-state index is 0.505. The fourth-order valence-electron chi connectivity index (χ4n) is 6.48. The molecule has 1 heteroatoms. The van der Waals surface area contributed by atoms with Crippen molar-refractivity contribution in [1.82, 2.24) is 0 Å². The van der Waals surface area contributed by atoms with Crippen molar-refractivity contribution in [2.45, 2.75) is 6.37 Å². The molecule has 9 aromatic carbocycles. The first kappa shape index (κ1) is 11.3. The lowest BCUT2D eigenvalue weighted by molar-refractivity contribution is 0.669. The van der Waals surface area contributed by atoms with Gasteiger partial charge in [-0.15, -0.1) is 0 Å². The minimum Gasteiger partial charge on any atom is -0.456 e. The van der Waals surface area contributed by atoms with E-state index < -0.39 is 285 Å². The summed E-state index contributed by atoms with van der Waals surface area (Å²) in [5, 5.41) is -5.39. The summed E-state index contributed by atoms with van der Waals surface area (Å²) >= 11 is 0. The van der Waals surface area contributed by atoms with Gasteiger partial charge in [0, 0.05) is 13.5 Å². The minimum atomic E-state index is -3.03. The first-order valence-electron chi connectivity index (χ1n) is 29.9. The molecule has 232 valence electrons. The van der Waals surface area contributed by atoms with Crippen molar-refractivity contribution in [2.75, 3.05) is 0 Å². The zero-order valence-corrected chi connectivity index (χ0v) is 24.9. The van der Waals surface area contributed by atoms with Gasteiger partial charge in [-0.25, -0.2) is 0 Å². The van der Waals surface area contributed by atoms with Crippen molar-refractivity contribution in [3.05, 3.63) is 180 Å². The van der Waals surface area contributed by atoms with Crippen LogP contribution in [0.3, 0.4) is 0 Å². The van der Waals surface area contributed by atoms with E-state index in [4.69, 9.17) is 26.3 Å². The molecular weight excluding hydrogens is 605 g/mol. The first-order chi connectivity index (χ1) is 37.2. The standard InChI is InChI=1S/C49H30O/c1-2-13-31-29-45-43(28-30(31)12-1)49-42(24-11-25-44(49)50-45)48-40-21-7-5-19-38(40)47(39-20-6-8-22-41(39)48)35-16-9-15-33(27-35)37-23-10-17-34-26-32-14-3-4-18-36(32)46(34)37/h1-25,27-29H,26H2/i1D,2D,3D,4D,5D,6D,7D,8D,9D,10D,11D,12D,13D,14D,15D,16D,17D,18D,19D,20D,21D,22D,23D,24D,25D,26D2,27D,28D,29D. The highest BCUT2D eigenvalue weighted by molar-refractivity contribution is 6.26. The van der Waals surface area contributed by atoms with E-state index in [9.17, 15) is 19.2 Å². The van der Waals surface area contributed by atoms with Crippen molar-refractivity contribution in [2.24, 2.45) is 0 Å². The van der Waals surface area contributed by atoms with Crippen molar-refractivity contribution in [1.29, 1.82) is 0 Å².